The van der Waals surface area contributed by atoms with E-state index in [1.54, 1.807) is 0 Å². The lowest BCUT2D eigenvalue weighted by atomic mass is 9.89. The first-order valence-corrected chi connectivity index (χ1v) is 7.17. The van der Waals surface area contributed by atoms with Crippen molar-refractivity contribution in [3.05, 3.63) is 0 Å². The Bertz CT molecular complexity index is 298. The number of nitrogens with zero attached hydrogens (tertiary/aromatic N) is 1. The Morgan fingerprint density at radius 1 is 1.44 bits per heavy atom. The number of rotatable bonds is 3. The molecule has 2 aliphatic heterocycles. The molecule has 2 fully saturated rings. The maximum absolute atomic E-state index is 12.5. The molecule has 2 saturated heterocycles. The van der Waals surface area contributed by atoms with Gasteiger partial charge in [-0.15, -0.1) is 0 Å². The summed E-state index contributed by atoms with van der Waals surface area (Å²) in [6, 6.07) is 0. The lowest BCUT2D eigenvalue weighted by Gasteiger charge is -2.35. The summed E-state index contributed by atoms with van der Waals surface area (Å²) in [6.45, 7) is 7.50. The topological polar surface area (TPSA) is 55.6 Å². The molecule has 1 atom stereocenters. The summed E-state index contributed by atoms with van der Waals surface area (Å²) in [5, 5.41) is 0. The number of amides is 1. The molecule has 1 unspecified atom stereocenters. The van der Waals surface area contributed by atoms with Crippen LogP contribution in [-0.2, 0) is 9.53 Å². The van der Waals surface area contributed by atoms with Gasteiger partial charge >= 0.3 is 0 Å². The van der Waals surface area contributed by atoms with Crippen LogP contribution in [0.1, 0.15) is 39.5 Å². The van der Waals surface area contributed by atoms with Crippen molar-refractivity contribution in [2.75, 3.05) is 26.3 Å². The Morgan fingerprint density at radius 2 is 2.11 bits per heavy atom. The summed E-state index contributed by atoms with van der Waals surface area (Å²) in [5.41, 5.74) is 5.60. The summed E-state index contributed by atoms with van der Waals surface area (Å²) < 4.78 is 5.30. The van der Waals surface area contributed by atoms with E-state index in [4.69, 9.17) is 10.5 Å². The number of hydrogen-bond acceptors (Lipinski definition) is 3. The SMILES string of the molecule is CC(C)CC1CCN(C(=O)C2(N)CCOCC2)C1. The van der Waals surface area contributed by atoms with Crippen LogP contribution < -0.4 is 5.73 Å². The zero-order chi connectivity index (χ0) is 13.2. The van der Waals surface area contributed by atoms with Crippen LogP contribution in [0.3, 0.4) is 0 Å². The van der Waals surface area contributed by atoms with E-state index in [9.17, 15) is 4.79 Å². The van der Waals surface area contributed by atoms with Crippen LogP contribution >= 0.6 is 0 Å². The standard InChI is InChI=1S/C14H26N2O2/c1-11(2)9-12-3-6-16(10-12)13(17)14(15)4-7-18-8-5-14/h11-12H,3-10,15H2,1-2H3. The van der Waals surface area contributed by atoms with Crippen molar-refractivity contribution in [2.45, 2.75) is 45.1 Å². The number of likely N-dealkylation sites (tertiary alicyclic amines) is 1. The van der Waals surface area contributed by atoms with Gasteiger partial charge in [0.1, 0.15) is 0 Å². The molecule has 4 heteroatoms. The molecule has 0 aliphatic carbocycles. The second kappa shape index (κ2) is 5.57. The minimum absolute atomic E-state index is 0.150. The van der Waals surface area contributed by atoms with Crippen LogP contribution in [0.15, 0.2) is 0 Å². The van der Waals surface area contributed by atoms with E-state index in [0.717, 1.165) is 19.5 Å². The highest BCUT2D eigenvalue weighted by atomic mass is 16.5. The Hall–Kier alpha value is -0.610. The van der Waals surface area contributed by atoms with Crippen molar-refractivity contribution in [2.24, 2.45) is 17.6 Å². The molecule has 0 aromatic carbocycles. The maximum Gasteiger partial charge on any atom is 0.242 e. The molecule has 0 spiro atoms. The molecule has 2 heterocycles. The lowest BCUT2D eigenvalue weighted by Crippen LogP contribution is -2.57. The molecule has 0 radical (unpaired) electrons. The van der Waals surface area contributed by atoms with Gasteiger partial charge in [0.05, 0.1) is 5.54 Å². The van der Waals surface area contributed by atoms with Crippen molar-refractivity contribution >= 4 is 5.91 Å². The first-order valence-electron chi connectivity index (χ1n) is 7.17. The fraction of sp³-hybridized carbons (Fsp3) is 0.929. The first kappa shape index (κ1) is 13.8. The van der Waals surface area contributed by atoms with Gasteiger partial charge in [-0.2, -0.15) is 0 Å². The van der Waals surface area contributed by atoms with E-state index in [0.29, 0.717) is 37.9 Å². The molecule has 2 N–H and O–H groups in total. The Balaban J connectivity index is 1.90. The highest BCUT2D eigenvalue weighted by Gasteiger charge is 2.40. The monoisotopic (exact) mass is 254 g/mol. The summed E-state index contributed by atoms with van der Waals surface area (Å²) in [4.78, 5) is 14.5. The largest absolute Gasteiger partial charge is 0.381 e. The van der Waals surface area contributed by atoms with Crippen molar-refractivity contribution in [1.82, 2.24) is 4.90 Å². The summed E-state index contributed by atoms with van der Waals surface area (Å²) in [5.74, 6) is 1.52. The van der Waals surface area contributed by atoms with Gasteiger partial charge in [0, 0.05) is 26.3 Å². The van der Waals surface area contributed by atoms with Crippen LogP contribution in [0.5, 0.6) is 0 Å². The third kappa shape index (κ3) is 3.04. The van der Waals surface area contributed by atoms with Gasteiger partial charge in [0.25, 0.3) is 0 Å². The smallest absolute Gasteiger partial charge is 0.242 e. The lowest BCUT2D eigenvalue weighted by molar-refractivity contribution is -0.139. The Labute approximate surface area is 110 Å². The van der Waals surface area contributed by atoms with Crippen molar-refractivity contribution < 1.29 is 9.53 Å². The van der Waals surface area contributed by atoms with Crippen molar-refractivity contribution in [3.8, 4) is 0 Å². The van der Waals surface area contributed by atoms with Crippen LogP contribution in [0.2, 0.25) is 0 Å². The van der Waals surface area contributed by atoms with Crippen molar-refractivity contribution in [3.63, 3.8) is 0 Å². The summed E-state index contributed by atoms with van der Waals surface area (Å²) in [7, 11) is 0. The fourth-order valence-corrected chi connectivity index (χ4v) is 3.14. The average Bonchev–Trinajstić information content (AvgIpc) is 2.76. The van der Waals surface area contributed by atoms with Crippen LogP contribution in [0.4, 0.5) is 0 Å². The summed E-state index contributed by atoms with van der Waals surface area (Å²) >= 11 is 0. The van der Waals surface area contributed by atoms with Gasteiger partial charge in [-0.1, -0.05) is 13.8 Å². The highest BCUT2D eigenvalue weighted by molar-refractivity contribution is 5.86. The van der Waals surface area contributed by atoms with E-state index in [2.05, 4.69) is 13.8 Å². The molecule has 2 aliphatic rings. The molecule has 2 rings (SSSR count). The molecule has 4 nitrogen and oxygen atoms in total. The number of hydrogen-bond donors (Lipinski definition) is 1. The molecule has 104 valence electrons. The minimum atomic E-state index is -0.662. The quantitative estimate of drug-likeness (QED) is 0.828. The third-order valence-corrected chi connectivity index (χ3v) is 4.19. The normalized spacial score (nSPS) is 27.8. The van der Waals surface area contributed by atoms with Gasteiger partial charge < -0.3 is 15.4 Å². The third-order valence-electron chi connectivity index (χ3n) is 4.19. The van der Waals surface area contributed by atoms with Gasteiger partial charge in [-0.25, -0.2) is 0 Å². The number of carbonyl (C=O) groups is 1. The molecule has 0 bridgehead atoms. The highest BCUT2D eigenvalue weighted by Crippen LogP contribution is 2.27. The van der Waals surface area contributed by atoms with E-state index in [1.807, 2.05) is 4.90 Å². The van der Waals surface area contributed by atoms with Gasteiger partial charge in [0.2, 0.25) is 5.91 Å². The van der Waals surface area contributed by atoms with E-state index >= 15 is 0 Å². The molecule has 1 amide bonds. The number of nitrogens with two attached hydrogens (primary N) is 1. The van der Waals surface area contributed by atoms with E-state index in [1.165, 1.54) is 6.42 Å². The predicted molar refractivity (Wildman–Crippen MR) is 71.1 cm³/mol. The van der Waals surface area contributed by atoms with Crippen LogP contribution in [-0.4, -0.2) is 42.6 Å². The molecular weight excluding hydrogens is 228 g/mol. The first-order chi connectivity index (χ1) is 8.51. The predicted octanol–water partition coefficient (Wildman–Crippen LogP) is 1.39. The van der Waals surface area contributed by atoms with Gasteiger partial charge in [-0.3, -0.25) is 4.79 Å². The molecular formula is C14H26N2O2. The number of ether oxygens (including phenoxy) is 1. The van der Waals surface area contributed by atoms with Crippen molar-refractivity contribution in [1.29, 1.82) is 0 Å². The van der Waals surface area contributed by atoms with E-state index < -0.39 is 5.54 Å². The van der Waals surface area contributed by atoms with Crippen LogP contribution in [0, 0.1) is 11.8 Å². The van der Waals surface area contributed by atoms with Gasteiger partial charge in [0.15, 0.2) is 0 Å². The zero-order valence-corrected chi connectivity index (χ0v) is 11.7. The fourth-order valence-electron chi connectivity index (χ4n) is 3.14. The van der Waals surface area contributed by atoms with E-state index in [-0.39, 0.29) is 5.91 Å². The molecule has 0 aromatic rings. The zero-order valence-electron chi connectivity index (χ0n) is 11.7. The minimum Gasteiger partial charge on any atom is -0.381 e. The Morgan fingerprint density at radius 3 is 2.72 bits per heavy atom. The van der Waals surface area contributed by atoms with Gasteiger partial charge in [-0.05, 0) is 37.5 Å². The average molecular weight is 254 g/mol. The maximum atomic E-state index is 12.5. The Kier molecular flexibility index (Phi) is 4.28. The number of carbonyl (C=O) groups excluding carboxylic acids is 1. The molecule has 0 aromatic heterocycles. The second-order valence-electron chi connectivity index (χ2n) is 6.30. The van der Waals surface area contributed by atoms with Crippen LogP contribution in [0.25, 0.3) is 0 Å². The molecule has 0 saturated carbocycles. The molecule has 18 heavy (non-hydrogen) atoms. The second-order valence-corrected chi connectivity index (χ2v) is 6.30. The summed E-state index contributed by atoms with van der Waals surface area (Å²) in [6.07, 6.45) is 3.68.